The Morgan fingerprint density at radius 2 is 2.05 bits per heavy atom. The van der Waals surface area contributed by atoms with E-state index in [1.165, 1.54) is 0 Å². The first-order valence-electron chi connectivity index (χ1n) is 7.14. The van der Waals surface area contributed by atoms with Crippen molar-refractivity contribution in [2.45, 2.75) is 44.7 Å². The number of hydrogen-bond donors (Lipinski definition) is 1. The molecule has 2 N–H and O–H groups in total. The van der Waals surface area contributed by atoms with Crippen LogP contribution in [0.4, 0.5) is 0 Å². The molecular weight excluding hydrogens is 268 g/mol. The summed E-state index contributed by atoms with van der Waals surface area (Å²) in [4.78, 5) is 13.8. The normalized spacial score (nSPS) is 16.6. The van der Waals surface area contributed by atoms with Crippen LogP contribution in [0.25, 0.3) is 0 Å². The van der Waals surface area contributed by atoms with E-state index in [-0.39, 0.29) is 11.6 Å². The van der Waals surface area contributed by atoms with Gasteiger partial charge in [0.15, 0.2) is 0 Å². The summed E-state index contributed by atoms with van der Waals surface area (Å²) in [7, 11) is 0. The zero-order chi connectivity index (χ0) is 14.3. The summed E-state index contributed by atoms with van der Waals surface area (Å²) in [6, 6.07) is 8.03. The van der Waals surface area contributed by atoms with Crippen molar-refractivity contribution < 1.29 is 0 Å². The number of nitrogens with zero attached hydrogens (tertiary/aromatic N) is 1. The van der Waals surface area contributed by atoms with Crippen LogP contribution in [0.2, 0.25) is 0 Å². The lowest BCUT2D eigenvalue weighted by Crippen LogP contribution is -2.30. The molecule has 0 aliphatic heterocycles. The highest BCUT2D eigenvalue weighted by atomic mass is 32.1. The number of nitrogens with two attached hydrogens (primary N) is 1. The topological polar surface area (TPSA) is 48.0 Å². The molecule has 3 nitrogen and oxygen atoms in total. The molecule has 4 heteroatoms. The molecule has 3 rings (SSSR count). The summed E-state index contributed by atoms with van der Waals surface area (Å²) < 4.78 is 1.98. The smallest absolute Gasteiger partial charge is 0.256 e. The highest BCUT2D eigenvalue weighted by Crippen LogP contribution is 2.36. The van der Waals surface area contributed by atoms with Gasteiger partial charge in [0, 0.05) is 22.2 Å². The molecule has 1 aliphatic carbocycles. The second-order valence-corrected chi connectivity index (χ2v) is 6.75. The first-order chi connectivity index (χ1) is 9.59. The molecule has 0 radical (unpaired) electrons. The van der Waals surface area contributed by atoms with Crippen molar-refractivity contribution in [3.8, 4) is 0 Å². The van der Waals surface area contributed by atoms with Gasteiger partial charge in [-0.15, -0.1) is 11.3 Å². The lowest BCUT2D eigenvalue weighted by Gasteiger charge is -2.18. The van der Waals surface area contributed by atoms with Gasteiger partial charge in [-0.1, -0.05) is 19.9 Å². The van der Waals surface area contributed by atoms with Crippen molar-refractivity contribution >= 4 is 11.3 Å². The Balaban J connectivity index is 2.09. The Kier molecular flexibility index (Phi) is 3.52. The fraction of sp³-hybridized carbons (Fsp3) is 0.438. The number of aromatic nitrogens is 1. The van der Waals surface area contributed by atoms with E-state index in [0.717, 1.165) is 23.4 Å². The minimum atomic E-state index is -0.311. The average Bonchev–Trinajstić information content (AvgIpc) is 3.10. The van der Waals surface area contributed by atoms with Gasteiger partial charge < -0.3 is 10.3 Å². The van der Waals surface area contributed by atoms with Gasteiger partial charge in [-0.05, 0) is 42.3 Å². The molecule has 1 atom stereocenters. The van der Waals surface area contributed by atoms with Gasteiger partial charge in [0.05, 0.1) is 6.04 Å². The molecule has 2 aromatic heterocycles. The van der Waals surface area contributed by atoms with Crippen LogP contribution < -0.4 is 11.3 Å². The van der Waals surface area contributed by atoms with Crippen molar-refractivity contribution in [2.24, 2.45) is 5.73 Å². The number of pyridine rings is 1. The van der Waals surface area contributed by atoms with E-state index in [1.54, 1.807) is 11.3 Å². The molecule has 0 amide bonds. The molecule has 1 aliphatic rings. The molecule has 20 heavy (non-hydrogen) atoms. The molecular formula is C16H20N2OS. The Bertz CT molecular complexity index is 654. The van der Waals surface area contributed by atoms with Gasteiger partial charge in [0.1, 0.15) is 0 Å². The van der Waals surface area contributed by atoms with Crippen molar-refractivity contribution in [3.05, 3.63) is 56.1 Å². The first-order valence-corrected chi connectivity index (χ1v) is 8.02. The number of thiophene rings is 1. The first kappa shape index (κ1) is 13.6. The highest BCUT2D eigenvalue weighted by molar-refractivity contribution is 7.10. The maximum atomic E-state index is 12.8. The van der Waals surface area contributed by atoms with Gasteiger partial charge in [0.2, 0.25) is 0 Å². The largest absolute Gasteiger partial charge is 0.319 e. The average molecular weight is 288 g/mol. The summed E-state index contributed by atoms with van der Waals surface area (Å²) in [5.74, 6) is 0.357. The van der Waals surface area contributed by atoms with E-state index >= 15 is 0 Å². The Morgan fingerprint density at radius 1 is 1.30 bits per heavy atom. The lowest BCUT2D eigenvalue weighted by molar-refractivity contribution is 0.614. The Labute approximate surface area is 123 Å². The lowest BCUT2D eigenvalue weighted by atomic mass is 10.0. The summed E-state index contributed by atoms with van der Waals surface area (Å²) in [5, 5.41) is 2.00. The van der Waals surface area contributed by atoms with Crippen LogP contribution in [-0.4, -0.2) is 4.57 Å². The van der Waals surface area contributed by atoms with E-state index in [4.69, 9.17) is 5.73 Å². The van der Waals surface area contributed by atoms with Crippen LogP contribution in [0.3, 0.4) is 0 Å². The predicted molar refractivity (Wildman–Crippen MR) is 83.4 cm³/mol. The van der Waals surface area contributed by atoms with E-state index < -0.39 is 0 Å². The molecule has 0 bridgehead atoms. The van der Waals surface area contributed by atoms with Gasteiger partial charge in [-0.25, -0.2) is 0 Å². The molecule has 2 aromatic rings. The van der Waals surface area contributed by atoms with Crippen LogP contribution in [0, 0.1) is 0 Å². The van der Waals surface area contributed by atoms with Gasteiger partial charge >= 0.3 is 0 Å². The molecule has 1 fully saturated rings. The molecule has 1 saturated carbocycles. The van der Waals surface area contributed by atoms with Crippen LogP contribution in [0.15, 0.2) is 34.4 Å². The predicted octanol–water partition coefficient (Wildman–Crippen LogP) is 3.42. The molecule has 1 unspecified atom stereocenters. The molecule has 0 aromatic carbocycles. The monoisotopic (exact) mass is 288 g/mol. The summed E-state index contributed by atoms with van der Waals surface area (Å²) in [5.41, 5.74) is 8.21. The van der Waals surface area contributed by atoms with Gasteiger partial charge in [-0.3, -0.25) is 4.79 Å². The van der Waals surface area contributed by atoms with E-state index in [2.05, 4.69) is 19.9 Å². The van der Waals surface area contributed by atoms with Crippen LogP contribution >= 0.6 is 11.3 Å². The zero-order valence-corrected chi connectivity index (χ0v) is 12.7. The fourth-order valence-corrected chi connectivity index (χ4v) is 3.37. The van der Waals surface area contributed by atoms with Crippen LogP contribution in [0.1, 0.15) is 60.8 Å². The third-order valence-corrected chi connectivity index (χ3v) is 4.82. The molecule has 0 saturated heterocycles. The second-order valence-electron chi connectivity index (χ2n) is 5.77. The van der Waals surface area contributed by atoms with E-state index in [9.17, 15) is 4.79 Å². The minimum absolute atomic E-state index is 0.0969. The van der Waals surface area contributed by atoms with Gasteiger partial charge in [0.25, 0.3) is 5.56 Å². The summed E-state index contributed by atoms with van der Waals surface area (Å²) in [6.45, 7) is 4.26. The SMILES string of the molecule is CC(C)c1ccc(C(N)c2cccs2)c(=O)n1C1CC1. The summed E-state index contributed by atoms with van der Waals surface area (Å²) >= 11 is 1.60. The van der Waals surface area contributed by atoms with Gasteiger partial charge in [-0.2, -0.15) is 0 Å². The van der Waals surface area contributed by atoms with Crippen molar-refractivity contribution in [3.63, 3.8) is 0 Å². The quantitative estimate of drug-likeness (QED) is 0.937. The molecule has 2 heterocycles. The van der Waals surface area contributed by atoms with Crippen LogP contribution in [0.5, 0.6) is 0 Å². The minimum Gasteiger partial charge on any atom is -0.319 e. The molecule has 106 valence electrons. The Morgan fingerprint density at radius 3 is 2.60 bits per heavy atom. The number of hydrogen-bond acceptors (Lipinski definition) is 3. The number of rotatable bonds is 4. The van der Waals surface area contributed by atoms with Crippen molar-refractivity contribution in [1.82, 2.24) is 4.57 Å². The van der Waals surface area contributed by atoms with E-state index in [0.29, 0.717) is 17.5 Å². The van der Waals surface area contributed by atoms with Crippen molar-refractivity contribution in [1.29, 1.82) is 0 Å². The summed E-state index contributed by atoms with van der Waals surface area (Å²) in [6.07, 6.45) is 2.22. The fourth-order valence-electron chi connectivity index (χ4n) is 2.62. The third kappa shape index (κ3) is 2.34. The standard InChI is InChI=1S/C16H20N2OS/c1-10(2)13-8-7-12(15(17)14-4-3-9-20-14)16(19)18(13)11-5-6-11/h3-4,7-11,15H,5-6,17H2,1-2H3. The van der Waals surface area contributed by atoms with Crippen molar-refractivity contribution in [2.75, 3.05) is 0 Å². The Hall–Kier alpha value is -1.39. The highest BCUT2D eigenvalue weighted by Gasteiger charge is 2.29. The van der Waals surface area contributed by atoms with Crippen LogP contribution in [-0.2, 0) is 0 Å². The third-order valence-electron chi connectivity index (χ3n) is 3.87. The zero-order valence-electron chi connectivity index (χ0n) is 11.9. The molecule has 0 spiro atoms. The van der Waals surface area contributed by atoms with E-state index in [1.807, 2.05) is 28.1 Å². The second kappa shape index (κ2) is 5.19. The maximum Gasteiger partial charge on any atom is 0.256 e. The maximum absolute atomic E-state index is 12.8.